The van der Waals surface area contributed by atoms with E-state index in [9.17, 15) is 8.42 Å². The molecule has 0 bridgehead atoms. The predicted molar refractivity (Wildman–Crippen MR) is 89.6 cm³/mol. The Kier molecular flexibility index (Phi) is 4.96. The van der Waals surface area contributed by atoms with Gasteiger partial charge >= 0.3 is 0 Å². The summed E-state index contributed by atoms with van der Waals surface area (Å²) in [4.78, 5) is 1.37. The Bertz CT molecular complexity index is 692. The molecule has 5 heteroatoms. The molecule has 0 aromatic heterocycles. The lowest BCUT2D eigenvalue weighted by Crippen LogP contribution is -2.30. The first-order valence-corrected chi connectivity index (χ1v) is 9.39. The normalized spacial score (nSPS) is 11.4. The highest BCUT2D eigenvalue weighted by Crippen LogP contribution is 2.25. The maximum absolute atomic E-state index is 12.8. The second-order valence-electron chi connectivity index (χ2n) is 4.68. The third kappa shape index (κ3) is 3.41. The van der Waals surface area contributed by atoms with Crippen molar-refractivity contribution >= 4 is 27.5 Å². The maximum atomic E-state index is 12.8. The van der Waals surface area contributed by atoms with E-state index < -0.39 is 10.0 Å². The molecule has 0 amide bonds. The number of thioether (sulfide) groups is 1. The molecule has 2 aromatic rings. The Balaban J connectivity index is 2.41. The van der Waals surface area contributed by atoms with E-state index >= 15 is 0 Å². The minimum atomic E-state index is -3.52. The highest BCUT2D eigenvalue weighted by atomic mass is 32.2. The van der Waals surface area contributed by atoms with Crippen molar-refractivity contribution in [3.8, 4) is 0 Å². The molecule has 0 N–H and O–H groups in total. The topological polar surface area (TPSA) is 37.4 Å². The summed E-state index contributed by atoms with van der Waals surface area (Å²) in [5, 5.41) is 0. The van der Waals surface area contributed by atoms with E-state index in [1.54, 1.807) is 23.9 Å². The summed E-state index contributed by atoms with van der Waals surface area (Å²) in [5.41, 5.74) is 1.80. The smallest absolute Gasteiger partial charge is 0.264 e. The van der Waals surface area contributed by atoms with Crippen LogP contribution in [-0.4, -0.2) is 21.2 Å². The predicted octanol–water partition coefficient (Wildman–Crippen LogP) is 3.93. The van der Waals surface area contributed by atoms with E-state index in [4.69, 9.17) is 0 Å². The lowest BCUT2D eigenvalue weighted by molar-refractivity contribution is 0.592. The van der Waals surface area contributed by atoms with E-state index in [0.29, 0.717) is 17.1 Å². The summed E-state index contributed by atoms with van der Waals surface area (Å²) >= 11 is 1.59. The molecule has 0 saturated carbocycles. The van der Waals surface area contributed by atoms with E-state index in [2.05, 4.69) is 0 Å². The fourth-order valence-corrected chi connectivity index (χ4v) is 3.96. The molecule has 0 atom stereocenters. The van der Waals surface area contributed by atoms with E-state index in [1.807, 2.05) is 56.5 Å². The molecule has 0 radical (unpaired) electrons. The number of hydrogen-bond acceptors (Lipinski definition) is 3. The number of rotatable bonds is 5. The number of anilines is 1. The molecule has 0 aliphatic carbocycles. The van der Waals surface area contributed by atoms with Crippen molar-refractivity contribution in [2.24, 2.45) is 0 Å². The first-order valence-electron chi connectivity index (χ1n) is 6.72. The Morgan fingerprint density at radius 2 is 1.57 bits per heavy atom. The highest BCUT2D eigenvalue weighted by molar-refractivity contribution is 7.98. The second kappa shape index (κ2) is 6.54. The molecule has 2 aromatic carbocycles. The van der Waals surface area contributed by atoms with Gasteiger partial charge in [0.05, 0.1) is 10.6 Å². The van der Waals surface area contributed by atoms with Gasteiger partial charge in [0, 0.05) is 11.4 Å². The minimum Gasteiger partial charge on any atom is -0.267 e. The van der Waals surface area contributed by atoms with Crippen LogP contribution in [-0.2, 0) is 10.0 Å². The quantitative estimate of drug-likeness (QED) is 0.783. The average Bonchev–Trinajstić information content (AvgIpc) is 2.50. The van der Waals surface area contributed by atoms with Gasteiger partial charge in [-0.05, 0) is 56.5 Å². The summed E-state index contributed by atoms with van der Waals surface area (Å²) in [6.45, 7) is 4.22. The molecule has 21 heavy (non-hydrogen) atoms. The van der Waals surface area contributed by atoms with Crippen molar-refractivity contribution in [3.05, 3.63) is 54.1 Å². The minimum absolute atomic E-state index is 0.322. The molecule has 0 saturated heterocycles. The van der Waals surface area contributed by atoms with Crippen molar-refractivity contribution < 1.29 is 8.42 Å². The van der Waals surface area contributed by atoms with E-state index in [-0.39, 0.29) is 0 Å². The Morgan fingerprint density at radius 3 is 2.05 bits per heavy atom. The van der Waals surface area contributed by atoms with E-state index in [0.717, 1.165) is 10.5 Å². The summed E-state index contributed by atoms with van der Waals surface area (Å²) in [6, 6.07) is 14.5. The zero-order valence-electron chi connectivity index (χ0n) is 12.4. The second-order valence-corrected chi connectivity index (χ2v) is 7.42. The number of benzene rings is 2. The molecule has 0 unspecified atom stereocenters. The van der Waals surface area contributed by atoms with Crippen LogP contribution < -0.4 is 4.31 Å². The van der Waals surface area contributed by atoms with Crippen LogP contribution in [0.15, 0.2) is 58.3 Å². The van der Waals surface area contributed by atoms with Crippen LogP contribution >= 0.6 is 11.8 Å². The van der Waals surface area contributed by atoms with Crippen LogP contribution in [0.1, 0.15) is 12.5 Å². The Labute approximate surface area is 131 Å². The number of aryl methyl sites for hydroxylation is 1. The lowest BCUT2D eigenvalue weighted by atomic mass is 10.2. The molecule has 0 aliphatic heterocycles. The van der Waals surface area contributed by atoms with Crippen molar-refractivity contribution in [2.45, 2.75) is 23.6 Å². The van der Waals surface area contributed by atoms with Gasteiger partial charge in [0.25, 0.3) is 10.0 Å². The molecule has 0 spiro atoms. The van der Waals surface area contributed by atoms with Gasteiger partial charge in [0.15, 0.2) is 0 Å². The third-order valence-corrected chi connectivity index (χ3v) is 5.92. The van der Waals surface area contributed by atoms with Gasteiger partial charge in [0.1, 0.15) is 0 Å². The zero-order chi connectivity index (χ0) is 15.5. The van der Waals surface area contributed by atoms with Crippen molar-refractivity contribution in [1.82, 2.24) is 0 Å². The average molecular weight is 321 g/mol. The molecule has 0 heterocycles. The van der Waals surface area contributed by atoms with E-state index in [1.165, 1.54) is 4.31 Å². The van der Waals surface area contributed by atoms with Crippen molar-refractivity contribution in [3.63, 3.8) is 0 Å². The molecule has 3 nitrogen and oxygen atoms in total. The van der Waals surface area contributed by atoms with Gasteiger partial charge in [-0.15, -0.1) is 11.8 Å². The van der Waals surface area contributed by atoms with Gasteiger partial charge in [-0.1, -0.05) is 17.7 Å². The van der Waals surface area contributed by atoms with Gasteiger partial charge in [0.2, 0.25) is 0 Å². The number of sulfonamides is 1. The zero-order valence-corrected chi connectivity index (χ0v) is 14.0. The fourth-order valence-electron chi connectivity index (χ4n) is 2.08. The highest BCUT2D eigenvalue weighted by Gasteiger charge is 2.23. The molecular formula is C16H19NO2S2. The number of nitrogens with zero attached hydrogens (tertiary/aromatic N) is 1. The summed E-state index contributed by atoms with van der Waals surface area (Å²) < 4.78 is 27.0. The number of hydrogen-bond donors (Lipinski definition) is 0. The van der Waals surface area contributed by atoms with Crippen molar-refractivity contribution in [2.75, 3.05) is 17.1 Å². The Hall–Kier alpha value is -1.46. The molecule has 0 fully saturated rings. The fraction of sp³-hybridized carbons (Fsp3) is 0.250. The van der Waals surface area contributed by atoms with Gasteiger partial charge in [-0.3, -0.25) is 4.31 Å². The van der Waals surface area contributed by atoms with Crippen LogP contribution in [0, 0.1) is 6.92 Å². The van der Waals surface area contributed by atoms with Crippen LogP contribution in [0.25, 0.3) is 0 Å². The summed E-state index contributed by atoms with van der Waals surface area (Å²) in [6.07, 6.45) is 1.97. The largest absolute Gasteiger partial charge is 0.267 e. The molecule has 2 rings (SSSR count). The first-order chi connectivity index (χ1) is 9.98. The molecule has 0 aliphatic rings. The van der Waals surface area contributed by atoms with Gasteiger partial charge in [-0.25, -0.2) is 8.42 Å². The third-order valence-electron chi connectivity index (χ3n) is 3.26. The standard InChI is InChI=1S/C16H19NO2S2/c1-4-17(14-7-5-13(2)6-8-14)21(18,19)16-11-9-15(20-3)10-12-16/h5-12H,4H2,1-3H3. The monoisotopic (exact) mass is 321 g/mol. The Morgan fingerprint density at radius 1 is 1.00 bits per heavy atom. The van der Waals surface area contributed by atoms with Crippen LogP contribution in [0.5, 0.6) is 0 Å². The van der Waals surface area contributed by atoms with Crippen LogP contribution in [0.3, 0.4) is 0 Å². The summed E-state index contributed by atoms with van der Waals surface area (Å²) in [7, 11) is -3.52. The maximum Gasteiger partial charge on any atom is 0.264 e. The SMILES string of the molecule is CCN(c1ccc(C)cc1)S(=O)(=O)c1ccc(SC)cc1. The molecular weight excluding hydrogens is 302 g/mol. The summed E-state index contributed by atoms with van der Waals surface area (Å²) in [5.74, 6) is 0. The van der Waals surface area contributed by atoms with Gasteiger partial charge in [-0.2, -0.15) is 0 Å². The van der Waals surface area contributed by atoms with Gasteiger partial charge < -0.3 is 0 Å². The molecule has 112 valence electrons. The first kappa shape index (κ1) is 15.9. The van der Waals surface area contributed by atoms with Crippen molar-refractivity contribution in [1.29, 1.82) is 0 Å². The lowest BCUT2D eigenvalue weighted by Gasteiger charge is -2.23. The van der Waals surface area contributed by atoms with Crippen LogP contribution in [0.2, 0.25) is 0 Å². The van der Waals surface area contributed by atoms with Crippen LogP contribution in [0.4, 0.5) is 5.69 Å².